The highest BCUT2D eigenvalue weighted by atomic mass is 19.1. The Morgan fingerprint density at radius 3 is 2.42 bits per heavy atom. The Morgan fingerprint density at radius 2 is 1.65 bits per heavy atom. The summed E-state index contributed by atoms with van der Waals surface area (Å²) >= 11 is 0. The van der Waals surface area contributed by atoms with Gasteiger partial charge < -0.3 is 14.4 Å². The standard InChI is InChI=1S/C25H24FN3O2/c1-15-2-4-16(5-3-15)12-29-13-20-24(17-6-8-18(26)9-7-17)27-28-25(20)19-10-22-23(11-21(19)29)31-14-30-22/h2-11,20,24-25,27-28H,12-14H2,1H3. The average molecular weight is 417 g/mol. The maximum Gasteiger partial charge on any atom is 0.231 e. The normalized spacial score (nSPS) is 23.5. The van der Waals surface area contributed by atoms with Gasteiger partial charge in [-0.15, -0.1) is 0 Å². The summed E-state index contributed by atoms with van der Waals surface area (Å²) in [4.78, 5) is 2.42. The molecular formula is C25H24FN3O2. The molecule has 2 N–H and O–H groups in total. The van der Waals surface area contributed by atoms with E-state index in [1.54, 1.807) is 0 Å². The van der Waals surface area contributed by atoms with E-state index in [2.05, 4.69) is 59.1 Å². The predicted molar refractivity (Wildman–Crippen MR) is 116 cm³/mol. The molecule has 1 fully saturated rings. The van der Waals surface area contributed by atoms with Crippen LogP contribution in [0.25, 0.3) is 0 Å². The number of fused-ring (bicyclic) bond motifs is 4. The zero-order chi connectivity index (χ0) is 20.9. The van der Waals surface area contributed by atoms with Crippen LogP contribution in [0.2, 0.25) is 0 Å². The lowest BCUT2D eigenvalue weighted by Crippen LogP contribution is -2.39. The van der Waals surface area contributed by atoms with Gasteiger partial charge in [-0.3, -0.25) is 0 Å². The average Bonchev–Trinajstić information content (AvgIpc) is 3.41. The first-order chi connectivity index (χ1) is 15.2. The molecule has 5 nitrogen and oxygen atoms in total. The molecule has 0 amide bonds. The minimum Gasteiger partial charge on any atom is -0.454 e. The van der Waals surface area contributed by atoms with E-state index in [0.717, 1.165) is 30.2 Å². The lowest BCUT2D eigenvalue weighted by molar-refractivity contribution is 0.174. The molecule has 1 saturated heterocycles. The van der Waals surface area contributed by atoms with Crippen LogP contribution < -0.4 is 25.2 Å². The van der Waals surface area contributed by atoms with Crippen molar-refractivity contribution in [3.05, 3.63) is 88.7 Å². The van der Waals surface area contributed by atoms with Gasteiger partial charge in [0.2, 0.25) is 6.79 Å². The molecular weight excluding hydrogens is 393 g/mol. The van der Waals surface area contributed by atoms with E-state index >= 15 is 0 Å². The van der Waals surface area contributed by atoms with Crippen LogP contribution in [0.1, 0.15) is 34.3 Å². The van der Waals surface area contributed by atoms with Gasteiger partial charge in [-0.25, -0.2) is 15.2 Å². The van der Waals surface area contributed by atoms with Crippen molar-refractivity contribution in [2.45, 2.75) is 25.6 Å². The smallest absolute Gasteiger partial charge is 0.231 e. The summed E-state index contributed by atoms with van der Waals surface area (Å²) in [7, 11) is 0. The molecule has 3 atom stereocenters. The summed E-state index contributed by atoms with van der Waals surface area (Å²) in [5, 5.41) is 0. The van der Waals surface area contributed by atoms with Crippen LogP contribution in [0.3, 0.4) is 0 Å². The fourth-order valence-electron chi connectivity index (χ4n) is 4.99. The summed E-state index contributed by atoms with van der Waals surface area (Å²) in [6.45, 7) is 4.04. The maximum atomic E-state index is 13.5. The van der Waals surface area contributed by atoms with Crippen molar-refractivity contribution >= 4 is 5.69 Å². The number of hydrogen-bond donors (Lipinski definition) is 2. The van der Waals surface area contributed by atoms with Gasteiger partial charge in [-0.1, -0.05) is 42.0 Å². The molecule has 6 rings (SSSR count). The molecule has 0 radical (unpaired) electrons. The Balaban J connectivity index is 1.39. The molecule has 3 aliphatic rings. The van der Waals surface area contributed by atoms with Gasteiger partial charge in [0.25, 0.3) is 0 Å². The molecule has 31 heavy (non-hydrogen) atoms. The number of ether oxygens (including phenoxy) is 2. The van der Waals surface area contributed by atoms with E-state index in [4.69, 9.17) is 9.47 Å². The Labute approximate surface area is 180 Å². The second-order valence-electron chi connectivity index (χ2n) is 8.59. The molecule has 158 valence electrons. The van der Waals surface area contributed by atoms with Gasteiger partial charge in [-0.2, -0.15) is 0 Å². The van der Waals surface area contributed by atoms with Gasteiger partial charge in [0.05, 0.1) is 12.1 Å². The van der Waals surface area contributed by atoms with Crippen molar-refractivity contribution in [1.29, 1.82) is 0 Å². The second-order valence-corrected chi connectivity index (χ2v) is 8.59. The van der Waals surface area contributed by atoms with Gasteiger partial charge in [0, 0.05) is 30.8 Å². The third-order valence-corrected chi connectivity index (χ3v) is 6.60. The molecule has 3 heterocycles. The quantitative estimate of drug-likeness (QED) is 0.662. The van der Waals surface area contributed by atoms with Crippen molar-refractivity contribution in [3.63, 3.8) is 0 Å². The first-order valence-electron chi connectivity index (χ1n) is 10.7. The summed E-state index contributed by atoms with van der Waals surface area (Å²) in [5.41, 5.74) is 12.9. The van der Waals surface area contributed by atoms with Crippen molar-refractivity contribution in [2.24, 2.45) is 5.92 Å². The van der Waals surface area contributed by atoms with Crippen molar-refractivity contribution in [1.82, 2.24) is 10.9 Å². The second kappa shape index (κ2) is 7.25. The number of aryl methyl sites for hydroxylation is 1. The van der Waals surface area contributed by atoms with Gasteiger partial charge in [0.1, 0.15) is 5.82 Å². The highest BCUT2D eigenvalue weighted by Crippen LogP contribution is 2.49. The van der Waals surface area contributed by atoms with E-state index < -0.39 is 0 Å². The summed E-state index contributed by atoms with van der Waals surface area (Å²) < 4.78 is 24.8. The van der Waals surface area contributed by atoms with Crippen molar-refractivity contribution < 1.29 is 13.9 Å². The van der Waals surface area contributed by atoms with Crippen LogP contribution >= 0.6 is 0 Å². The lowest BCUT2D eigenvalue weighted by atomic mass is 9.81. The molecule has 0 aliphatic carbocycles. The minimum absolute atomic E-state index is 0.0877. The zero-order valence-corrected chi connectivity index (χ0v) is 17.3. The number of nitrogens with zero attached hydrogens (tertiary/aromatic N) is 1. The molecule has 0 bridgehead atoms. The monoisotopic (exact) mass is 417 g/mol. The maximum absolute atomic E-state index is 13.5. The zero-order valence-electron chi connectivity index (χ0n) is 17.3. The summed E-state index contributed by atoms with van der Waals surface area (Å²) in [5.74, 6) is 1.66. The Kier molecular flexibility index (Phi) is 4.37. The molecule has 3 aromatic carbocycles. The largest absolute Gasteiger partial charge is 0.454 e. The van der Waals surface area contributed by atoms with E-state index in [-0.39, 0.29) is 30.6 Å². The molecule has 3 aromatic rings. The predicted octanol–water partition coefficient (Wildman–Crippen LogP) is 4.39. The minimum atomic E-state index is -0.214. The van der Waals surface area contributed by atoms with Crippen LogP contribution in [0.15, 0.2) is 60.7 Å². The van der Waals surface area contributed by atoms with Crippen LogP contribution in [-0.2, 0) is 6.54 Å². The number of hydrogen-bond acceptors (Lipinski definition) is 5. The SMILES string of the molecule is Cc1ccc(CN2CC3C(c4ccc(F)cc4)NNC3c3cc4c(cc32)OCO4)cc1. The topological polar surface area (TPSA) is 45.8 Å². The van der Waals surface area contributed by atoms with Crippen LogP contribution in [-0.4, -0.2) is 13.3 Å². The molecule has 0 saturated carbocycles. The van der Waals surface area contributed by atoms with Crippen LogP contribution in [0.5, 0.6) is 11.5 Å². The van der Waals surface area contributed by atoms with E-state index in [1.165, 1.54) is 34.5 Å². The third kappa shape index (κ3) is 3.23. The van der Waals surface area contributed by atoms with Gasteiger partial charge in [0.15, 0.2) is 11.5 Å². The van der Waals surface area contributed by atoms with E-state index in [0.29, 0.717) is 0 Å². The number of hydrazine groups is 1. The molecule has 6 heteroatoms. The Hall–Kier alpha value is -3.09. The lowest BCUT2D eigenvalue weighted by Gasteiger charge is -2.39. The van der Waals surface area contributed by atoms with Crippen molar-refractivity contribution in [3.8, 4) is 11.5 Å². The van der Waals surface area contributed by atoms with Crippen molar-refractivity contribution in [2.75, 3.05) is 18.2 Å². The van der Waals surface area contributed by atoms with Gasteiger partial charge >= 0.3 is 0 Å². The highest BCUT2D eigenvalue weighted by Gasteiger charge is 2.44. The molecule has 3 unspecified atom stereocenters. The number of rotatable bonds is 3. The van der Waals surface area contributed by atoms with E-state index in [1.807, 2.05) is 12.1 Å². The number of anilines is 1. The number of benzene rings is 3. The fraction of sp³-hybridized carbons (Fsp3) is 0.280. The molecule has 0 spiro atoms. The fourth-order valence-corrected chi connectivity index (χ4v) is 4.99. The first-order valence-corrected chi connectivity index (χ1v) is 10.7. The molecule has 0 aromatic heterocycles. The Morgan fingerprint density at radius 1 is 0.935 bits per heavy atom. The number of nitrogens with one attached hydrogen (secondary N) is 2. The Bertz CT molecular complexity index is 1120. The third-order valence-electron chi connectivity index (χ3n) is 6.60. The first kappa shape index (κ1) is 18.7. The highest BCUT2D eigenvalue weighted by molar-refractivity contribution is 5.66. The summed E-state index contributed by atoms with van der Waals surface area (Å²) in [6, 6.07) is 19.9. The van der Waals surface area contributed by atoms with Crippen LogP contribution in [0, 0.1) is 18.7 Å². The number of halogens is 1. The van der Waals surface area contributed by atoms with Crippen LogP contribution in [0.4, 0.5) is 10.1 Å². The van der Waals surface area contributed by atoms with Gasteiger partial charge in [-0.05, 0) is 41.8 Å². The summed E-state index contributed by atoms with van der Waals surface area (Å²) in [6.07, 6.45) is 0. The molecule has 3 aliphatic heterocycles. The van der Waals surface area contributed by atoms with E-state index in [9.17, 15) is 4.39 Å².